The van der Waals surface area contributed by atoms with Crippen LogP contribution in [0.15, 0.2) is 12.5 Å². The van der Waals surface area contributed by atoms with Crippen molar-refractivity contribution in [1.82, 2.24) is 25.9 Å². The van der Waals surface area contributed by atoms with E-state index < -0.39 is 60.9 Å². The number of hydrogen-bond donors (Lipinski definition) is 8. The Morgan fingerprint density at radius 3 is 2.37 bits per heavy atom. The molecule has 0 aliphatic heterocycles. The van der Waals surface area contributed by atoms with Crippen LogP contribution in [0.4, 0.5) is 0 Å². The van der Waals surface area contributed by atoms with Crippen LogP contribution < -0.4 is 27.4 Å². The van der Waals surface area contributed by atoms with Crippen molar-refractivity contribution in [3.63, 3.8) is 0 Å². The maximum absolute atomic E-state index is 12.5. The van der Waals surface area contributed by atoms with Crippen LogP contribution in [0.25, 0.3) is 0 Å². The van der Waals surface area contributed by atoms with Crippen molar-refractivity contribution in [3.8, 4) is 0 Å². The van der Waals surface area contributed by atoms with Crippen LogP contribution in [0.1, 0.15) is 18.5 Å². The molecule has 1 heterocycles. The Morgan fingerprint density at radius 1 is 1.13 bits per heavy atom. The van der Waals surface area contributed by atoms with Crippen LogP contribution >= 0.6 is 0 Å². The zero-order valence-corrected chi connectivity index (χ0v) is 16.0. The van der Waals surface area contributed by atoms with Gasteiger partial charge in [0.1, 0.15) is 18.1 Å². The molecular formula is C16H25N7O7. The molecule has 14 nitrogen and oxygen atoms in total. The molecule has 30 heavy (non-hydrogen) atoms. The summed E-state index contributed by atoms with van der Waals surface area (Å²) in [5, 5.41) is 24.9. The van der Waals surface area contributed by atoms with Gasteiger partial charge in [-0.25, -0.2) is 9.78 Å². The normalized spacial score (nSPS) is 13.5. The Morgan fingerprint density at radius 2 is 1.83 bits per heavy atom. The van der Waals surface area contributed by atoms with Crippen LogP contribution in [-0.4, -0.2) is 81.1 Å². The van der Waals surface area contributed by atoms with Crippen molar-refractivity contribution < 1.29 is 34.2 Å². The quantitative estimate of drug-likeness (QED) is 0.151. The number of imidazole rings is 1. The van der Waals surface area contributed by atoms with Gasteiger partial charge in [-0.2, -0.15) is 0 Å². The van der Waals surface area contributed by atoms with E-state index >= 15 is 0 Å². The minimum atomic E-state index is -1.33. The van der Waals surface area contributed by atoms with E-state index in [0.29, 0.717) is 5.69 Å². The van der Waals surface area contributed by atoms with Crippen molar-refractivity contribution in [2.45, 2.75) is 37.4 Å². The largest absolute Gasteiger partial charge is 0.480 e. The average Bonchev–Trinajstić information content (AvgIpc) is 3.20. The molecule has 0 saturated heterocycles. The number of primary amides is 1. The van der Waals surface area contributed by atoms with Crippen molar-refractivity contribution >= 4 is 29.6 Å². The zero-order chi connectivity index (χ0) is 22.7. The van der Waals surface area contributed by atoms with Gasteiger partial charge >= 0.3 is 5.97 Å². The third-order valence-electron chi connectivity index (χ3n) is 3.88. The number of aromatic amines is 1. The number of aliphatic carboxylic acids is 1. The molecule has 14 heteroatoms. The number of aliphatic hydroxyl groups is 1. The highest BCUT2D eigenvalue weighted by molar-refractivity contribution is 5.92. The lowest BCUT2D eigenvalue weighted by atomic mass is 10.1. The van der Waals surface area contributed by atoms with Gasteiger partial charge in [0.05, 0.1) is 19.5 Å². The summed E-state index contributed by atoms with van der Waals surface area (Å²) in [4.78, 5) is 65.0. The number of nitrogens with zero attached hydrogens (tertiary/aromatic N) is 1. The molecule has 0 aliphatic rings. The lowest BCUT2D eigenvalue weighted by molar-refractivity contribution is -0.142. The second-order valence-electron chi connectivity index (χ2n) is 6.31. The van der Waals surface area contributed by atoms with Crippen LogP contribution in [0.3, 0.4) is 0 Å². The summed E-state index contributed by atoms with van der Waals surface area (Å²) >= 11 is 0. The summed E-state index contributed by atoms with van der Waals surface area (Å²) in [6.07, 6.45) is 2.22. The van der Waals surface area contributed by atoms with Gasteiger partial charge in [-0.05, 0) is 6.42 Å². The first-order chi connectivity index (χ1) is 14.1. The van der Waals surface area contributed by atoms with Crippen LogP contribution in [0.5, 0.6) is 0 Å². The van der Waals surface area contributed by atoms with Crippen molar-refractivity contribution in [1.29, 1.82) is 0 Å². The predicted molar refractivity (Wildman–Crippen MR) is 100 cm³/mol. The lowest BCUT2D eigenvalue weighted by Crippen LogP contribution is -2.54. The van der Waals surface area contributed by atoms with Gasteiger partial charge in [0, 0.05) is 24.7 Å². The molecule has 0 bridgehead atoms. The number of rotatable bonds is 13. The van der Waals surface area contributed by atoms with Gasteiger partial charge in [-0.15, -0.1) is 0 Å². The summed E-state index contributed by atoms with van der Waals surface area (Å²) in [7, 11) is 0. The molecule has 1 aromatic rings. The maximum Gasteiger partial charge on any atom is 0.326 e. The topological polar surface area (TPSA) is 243 Å². The van der Waals surface area contributed by atoms with E-state index in [0.717, 1.165) is 0 Å². The highest BCUT2D eigenvalue weighted by Gasteiger charge is 2.27. The number of H-pyrrole nitrogens is 1. The Bertz CT molecular complexity index is 753. The van der Waals surface area contributed by atoms with E-state index in [9.17, 15) is 29.1 Å². The summed E-state index contributed by atoms with van der Waals surface area (Å²) in [6.45, 7) is -1.17. The summed E-state index contributed by atoms with van der Waals surface area (Å²) in [6, 6.07) is -3.82. The van der Waals surface area contributed by atoms with Gasteiger partial charge in [0.15, 0.2) is 0 Å². The van der Waals surface area contributed by atoms with Crippen LogP contribution in [-0.2, 0) is 30.4 Å². The fourth-order valence-electron chi connectivity index (χ4n) is 2.27. The molecule has 0 saturated carbocycles. The van der Waals surface area contributed by atoms with Gasteiger partial charge < -0.3 is 42.6 Å². The standard InChI is InChI=1S/C16H25N7O7/c17-9(6-24)14(27)20-5-13(26)22-10(1-2-12(18)25)15(28)23-11(16(29)30)3-8-4-19-7-21-8/h4,7,9-11,24H,1-3,5-6,17H2,(H2,18,25)(H,19,21)(H,20,27)(H,22,26)(H,23,28)(H,29,30). The Labute approximate surface area is 170 Å². The number of nitrogens with two attached hydrogens (primary N) is 2. The summed E-state index contributed by atoms with van der Waals surface area (Å²) in [5.74, 6) is -4.47. The van der Waals surface area contributed by atoms with Crippen LogP contribution in [0, 0.1) is 0 Å². The number of aliphatic hydroxyl groups excluding tert-OH is 1. The second-order valence-corrected chi connectivity index (χ2v) is 6.31. The van der Waals surface area contributed by atoms with E-state index in [2.05, 4.69) is 25.9 Å². The molecular weight excluding hydrogens is 402 g/mol. The summed E-state index contributed by atoms with van der Waals surface area (Å²) < 4.78 is 0. The van der Waals surface area contributed by atoms with Crippen LogP contribution in [0.2, 0.25) is 0 Å². The molecule has 3 unspecified atom stereocenters. The molecule has 10 N–H and O–H groups in total. The maximum atomic E-state index is 12.5. The first-order valence-corrected chi connectivity index (χ1v) is 8.86. The van der Waals surface area contributed by atoms with Crippen molar-refractivity contribution in [2.75, 3.05) is 13.2 Å². The highest BCUT2D eigenvalue weighted by atomic mass is 16.4. The third kappa shape index (κ3) is 8.66. The van der Waals surface area contributed by atoms with Gasteiger partial charge in [0.25, 0.3) is 0 Å². The smallest absolute Gasteiger partial charge is 0.326 e. The number of carboxylic acids is 1. The number of carbonyl (C=O) groups is 5. The average molecular weight is 427 g/mol. The molecule has 1 rings (SSSR count). The highest BCUT2D eigenvalue weighted by Crippen LogP contribution is 2.03. The number of aromatic nitrogens is 2. The Balaban J connectivity index is 2.75. The first kappa shape index (κ1) is 24.5. The number of carboxylic acid groups (broad SMARTS) is 1. The minimum absolute atomic E-state index is 0.0906. The van der Waals surface area contributed by atoms with E-state index in [1.165, 1.54) is 12.5 Å². The van der Waals surface area contributed by atoms with Crippen molar-refractivity contribution in [3.05, 3.63) is 18.2 Å². The third-order valence-corrected chi connectivity index (χ3v) is 3.88. The molecule has 0 spiro atoms. The van der Waals surface area contributed by atoms with Gasteiger partial charge in [-0.1, -0.05) is 0 Å². The number of hydrogen-bond acceptors (Lipinski definition) is 8. The SMILES string of the molecule is NC(=O)CCC(NC(=O)CNC(=O)C(N)CO)C(=O)NC(Cc1cnc[nH]1)C(=O)O. The fraction of sp³-hybridized carbons (Fsp3) is 0.500. The van der Waals surface area contributed by atoms with E-state index in [4.69, 9.17) is 16.6 Å². The molecule has 4 amide bonds. The molecule has 0 fully saturated rings. The number of carbonyl (C=O) groups excluding carboxylic acids is 4. The fourth-order valence-corrected chi connectivity index (χ4v) is 2.27. The van der Waals surface area contributed by atoms with Gasteiger partial charge in [0.2, 0.25) is 23.6 Å². The number of nitrogens with one attached hydrogen (secondary N) is 4. The predicted octanol–water partition coefficient (Wildman–Crippen LogP) is -4.29. The summed E-state index contributed by atoms with van der Waals surface area (Å²) in [5.41, 5.74) is 10.8. The van der Waals surface area contributed by atoms with Gasteiger partial charge in [-0.3, -0.25) is 19.2 Å². The molecule has 0 aliphatic carbocycles. The molecule has 166 valence electrons. The number of amides is 4. The van der Waals surface area contributed by atoms with E-state index in [1.54, 1.807) is 0 Å². The minimum Gasteiger partial charge on any atom is -0.480 e. The first-order valence-electron chi connectivity index (χ1n) is 8.86. The Kier molecular flexibility index (Phi) is 9.91. The molecule has 0 radical (unpaired) electrons. The van der Waals surface area contributed by atoms with E-state index in [1.807, 2.05) is 0 Å². The Hall–Kier alpha value is -3.52. The monoisotopic (exact) mass is 427 g/mol. The van der Waals surface area contributed by atoms with E-state index in [-0.39, 0.29) is 19.3 Å². The molecule has 0 aromatic carbocycles. The second kappa shape index (κ2) is 12.1. The zero-order valence-electron chi connectivity index (χ0n) is 16.0. The molecule has 1 aromatic heterocycles. The molecule has 3 atom stereocenters. The van der Waals surface area contributed by atoms with Crippen molar-refractivity contribution in [2.24, 2.45) is 11.5 Å². The lowest BCUT2D eigenvalue weighted by Gasteiger charge is -2.21.